The molecule has 0 aliphatic carbocycles. The summed E-state index contributed by atoms with van der Waals surface area (Å²) in [6.07, 6.45) is 0. The molecule has 0 aromatic carbocycles. The maximum absolute atomic E-state index is 11.4. The smallest absolute Gasteiger partial charge is 0.349 e. The van der Waals surface area contributed by atoms with Gasteiger partial charge in [0.05, 0.1) is 7.11 Å². The lowest BCUT2D eigenvalue weighted by atomic mass is 10.1. The second kappa shape index (κ2) is 4.89. The number of hydrogen-bond acceptors (Lipinski definition) is 4. The standard InChI is InChI=1S/C10H11Cl2NO3/c1-10(2,9(14)15-3)16-6-4-5-7(11)13-8(6)12/h4-5H,1-3H3. The number of hydrogen-bond donors (Lipinski definition) is 0. The predicted octanol–water partition coefficient (Wildman–Crippen LogP) is 2.72. The Morgan fingerprint density at radius 3 is 2.50 bits per heavy atom. The monoisotopic (exact) mass is 263 g/mol. The van der Waals surface area contributed by atoms with Gasteiger partial charge < -0.3 is 9.47 Å². The van der Waals surface area contributed by atoms with Crippen LogP contribution in [0.4, 0.5) is 0 Å². The van der Waals surface area contributed by atoms with Crippen molar-refractivity contribution in [1.29, 1.82) is 0 Å². The fourth-order valence-corrected chi connectivity index (χ4v) is 1.42. The lowest BCUT2D eigenvalue weighted by Gasteiger charge is -2.23. The van der Waals surface area contributed by atoms with E-state index in [1.54, 1.807) is 19.9 Å². The molecule has 0 saturated carbocycles. The molecule has 0 atom stereocenters. The summed E-state index contributed by atoms with van der Waals surface area (Å²) in [5, 5.41) is 0.359. The summed E-state index contributed by atoms with van der Waals surface area (Å²) in [5.41, 5.74) is -1.13. The molecule has 1 aromatic rings. The fraction of sp³-hybridized carbons (Fsp3) is 0.400. The summed E-state index contributed by atoms with van der Waals surface area (Å²) in [6, 6.07) is 3.07. The minimum absolute atomic E-state index is 0.101. The Labute approximate surface area is 103 Å². The summed E-state index contributed by atoms with van der Waals surface area (Å²) >= 11 is 11.4. The summed E-state index contributed by atoms with van der Waals surface area (Å²) in [5.74, 6) is -0.222. The normalized spacial score (nSPS) is 11.1. The van der Waals surface area contributed by atoms with Crippen molar-refractivity contribution in [3.8, 4) is 5.75 Å². The molecule has 0 unspecified atom stereocenters. The van der Waals surface area contributed by atoms with Crippen LogP contribution < -0.4 is 4.74 Å². The first kappa shape index (κ1) is 13.1. The Kier molecular flexibility index (Phi) is 3.99. The second-order valence-electron chi connectivity index (χ2n) is 3.53. The number of carbonyl (C=O) groups is 1. The van der Waals surface area contributed by atoms with Gasteiger partial charge in [0.1, 0.15) is 5.15 Å². The van der Waals surface area contributed by atoms with Gasteiger partial charge in [0.25, 0.3) is 0 Å². The fourth-order valence-electron chi connectivity index (χ4n) is 1.04. The van der Waals surface area contributed by atoms with Crippen molar-refractivity contribution in [1.82, 2.24) is 4.98 Å². The predicted molar refractivity (Wildman–Crippen MR) is 61.0 cm³/mol. The number of aromatic nitrogens is 1. The molecular formula is C10H11Cl2NO3. The van der Waals surface area contributed by atoms with Crippen LogP contribution in [0.3, 0.4) is 0 Å². The number of halogens is 2. The average Bonchev–Trinajstić information content (AvgIpc) is 2.21. The largest absolute Gasteiger partial charge is 0.473 e. The van der Waals surface area contributed by atoms with Crippen LogP contribution in [0.5, 0.6) is 5.75 Å². The number of ether oxygens (including phenoxy) is 2. The summed E-state index contributed by atoms with van der Waals surface area (Å²) < 4.78 is 10.0. The summed E-state index contributed by atoms with van der Waals surface area (Å²) in [6.45, 7) is 3.15. The molecule has 1 aromatic heterocycles. The molecule has 0 bridgehead atoms. The molecule has 4 nitrogen and oxygen atoms in total. The van der Waals surface area contributed by atoms with Crippen molar-refractivity contribution in [3.63, 3.8) is 0 Å². The van der Waals surface area contributed by atoms with E-state index in [1.165, 1.54) is 13.2 Å². The molecule has 6 heteroatoms. The van der Waals surface area contributed by atoms with Crippen molar-refractivity contribution in [3.05, 3.63) is 22.4 Å². The molecule has 1 rings (SSSR count). The van der Waals surface area contributed by atoms with E-state index in [2.05, 4.69) is 9.72 Å². The van der Waals surface area contributed by atoms with Gasteiger partial charge in [-0.3, -0.25) is 0 Å². The van der Waals surface area contributed by atoms with Gasteiger partial charge in [-0.15, -0.1) is 0 Å². The third kappa shape index (κ3) is 3.00. The minimum atomic E-state index is -1.13. The zero-order valence-corrected chi connectivity index (χ0v) is 10.6. The Morgan fingerprint density at radius 2 is 2.00 bits per heavy atom. The van der Waals surface area contributed by atoms with Crippen molar-refractivity contribution in [2.75, 3.05) is 7.11 Å². The number of carbonyl (C=O) groups excluding carboxylic acids is 1. The third-order valence-electron chi connectivity index (χ3n) is 1.82. The molecule has 16 heavy (non-hydrogen) atoms. The molecule has 0 radical (unpaired) electrons. The van der Waals surface area contributed by atoms with E-state index in [4.69, 9.17) is 27.9 Å². The van der Waals surface area contributed by atoms with Crippen molar-refractivity contribution in [2.45, 2.75) is 19.4 Å². The van der Waals surface area contributed by atoms with Crippen LogP contribution in [0.15, 0.2) is 12.1 Å². The van der Waals surface area contributed by atoms with E-state index in [0.717, 1.165) is 0 Å². The molecule has 0 amide bonds. The zero-order valence-electron chi connectivity index (χ0n) is 9.08. The van der Waals surface area contributed by atoms with Crippen LogP contribution in [0, 0.1) is 0 Å². The van der Waals surface area contributed by atoms with Gasteiger partial charge in [-0.25, -0.2) is 9.78 Å². The van der Waals surface area contributed by atoms with Crippen LogP contribution in [0.25, 0.3) is 0 Å². The lowest BCUT2D eigenvalue weighted by Crippen LogP contribution is -2.39. The van der Waals surface area contributed by atoms with Gasteiger partial charge in [0, 0.05) is 0 Å². The molecular weight excluding hydrogens is 253 g/mol. The van der Waals surface area contributed by atoms with E-state index in [9.17, 15) is 4.79 Å². The van der Waals surface area contributed by atoms with E-state index >= 15 is 0 Å². The molecule has 0 fully saturated rings. The summed E-state index contributed by atoms with van der Waals surface area (Å²) in [4.78, 5) is 15.2. The highest BCUT2D eigenvalue weighted by molar-refractivity contribution is 6.33. The van der Waals surface area contributed by atoms with Gasteiger partial charge in [0.15, 0.2) is 16.5 Å². The number of pyridine rings is 1. The van der Waals surface area contributed by atoms with E-state index < -0.39 is 11.6 Å². The van der Waals surface area contributed by atoms with Crippen LogP contribution in [-0.2, 0) is 9.53 Å². The molecule has 0 spiro atoms. The molecule has 88 valence electrons. The Hall–Kier alpha value is -1.00. The van der Waals surface area contributed by atoms with Crippen LogP contribution in [0.1, 0.15) is 13.8 Å². The third-order valence-corrected chi connectivity index (χ3v) is 2.30. The maximum atomic E-state index is 11.4. The number of esters is 1. The first-order valence-corrected chi connectivity index (χ1v) is 5.22. The highest BCUT2D eigenvalue weighted by atomic mass is 35.5. The SMILES string of the molecule is COC(=O)C(C)(C)Oc1ccc(Cl)nc1Cl. The molecule has 0 aliphatic rings. The minimum Gasteiger partial charge on any atom is -0.473 e. The number of nitrogens with zero attached hydrogens (tertiary/aromatic N) is 1. The Morgan fingerprint density at radius 1 is 1.38 bits per heavy atom. The first-order valence-electron chi connectivity index (χ1n) is 4.46. The number of rotatable bonds is 3. The van der Waals surface area contributed by atoms with Gasteiger partial charge >= 0.3 is 5.97 Å². The van der Waals surface area contributed by atoms with Crippen molar-refractivity contribution >= 4 is 29.2 Å². The van der Waals surface area contributed by atoms with E-state index in [0.29, 0.717) is 0 Å². The number of methoxy groups -OCH3 is 1. The van der Waals surface area contributed by atoms with Crippen molar-refractivity contribution < 1.29 is 14.3 Å². The second-order valence-corrected chi connectivity index (χ2v) is 4.27. The van der Waals surface area contributed by atoms with Gasteiger partial charge in [-0.1, -0.05) is 23.2 Å². The zero-order chi connectivity index (χ0) is 12.3. The van der Waals surface area contributed by atoms with Gasteiger partial charge in [0.2, 0.25) is 0 Å². The lowest BCUT2D eigenvalue weighted by molar-refractivity contribution is -0.156. The van der Waals surface area contributed by atoms with Crippen LogP contribution in [0.2, 0.25) is 10.3 Å². The Balaban J connectivity index is 2.92. The van der Waals surface area contributed by atoms with Crippen LogP contribution in [-0.4, -0.2) is 23.7 Å². The topological polar surface area (TPSA) is 48.4 Å². The van der Waals surface area contributed by atoms with Gasteiger partial charge in [-0.2, -0.15) is 0 Å². The molecule has 0 N–H and O–H groups in total. The molecule has 0 aliphatic heterocycles. The summed E-state index contributed by atoms with van der Waals surface area (Å²) in [7, 11) is 1.29. The first-order chi connectivity index (χ1) is 7.36. The van der Waals surface area contributed by atoms with Crippen molar-refractivity contribution in [2.24, 2.45) is 0 Å². The molecule has 0 saturated heterocycles. The van der Waals surface area contributed by atoms with Crippen LogP contribution >= 0.6 is 23.2 Å². The highest BCUT2D eigenvalue weighted by Gasteiger charge is 2.31. The van der Waals surface area contributed by atoms with E-state index in [1.807, 2.05) is 0 Å². The maximum Gasteiger partial charge on any atom is 0.349 e. The quantitative estimate of drug-likeness (QED) is 0.622. The highest BCUT2D eigenvalue weighted by Crippen LogP contribution is 2.27. The van der Waals surface area contributed by atoms with Gasteiger partial charge in [-0.05, 0) is 26.0 Å². The van der Waals surface area contributed by atoms with E-state index in [-0.39, 0.29) is 16.1 Å². The molecule has 1 heterocycles. The Bertz CT molecular complexity index is 407. The average molecular weight is 264 g/mol.